The predicted octanol–water partition coefficient (Wildman–Crippen LogP) is 2.61. The lowest BCUT2D eigenvalue weighted by molar-refractivity contribution is 0.578. The molecule has 0 aliphatic heterocycles. The van der Waals surface area contributed by atoms with Gasteiger partial charge in [-0.05, 0) is 11.5 Å². The highest BCUT2D eigenvalue weighted by molar-refractivity contribution is 7.91. The number of benzene rings is 2. The van der Waals surface area contributed by atoms with E-state index in [1.807, 2.05) is 44.2 Å². The van der Waals surface area contributed by atoms with Gasteiger partial charge in [0.2, 0.25) is 0 Å². The summed E-state index contributed by atoms with van der Waals surface area (Å²) in [6.45, 7) is 4.48. The number of sulfone groups is 1. The Morgan fingerprint density at radius 3 is 2.47 bits per heavy atom. The van der Waals surface area contributed by atoms with Crippen LogP contribution in [0.15, 0.2) is 47.4 Å². The summed E-state index contributed by atoms with van der Waals surface area (Å²) in [7, 11) is -3.25. The molecule has 0 fully saturated rings. The third-order valence-electron chi connectivity index (χ3n) is 3.01. The minimum Gasteiger partial charge on any atom is -0.314 e. The van der Waals surface area contributed by atoms with Gasteiger partial charge in [-0.3, -0.25) is 0 Å². The van der Waals surface area contributed by atoms with Gasteiger partial charge in [0.05, 0.1) is 10.6 Å². The maximum atomic E-state index is 12.4. The highest BCUT2D eigenvalue weighted by Crippen LogP contribution is 2.23. The van der Waals surface area contributed by atoms with E-state index >= 15 is 0 Å². The van der Waals surface area contributed by atoms with Crippen LogP contribution in [0.3, 0.4) is 0 Å². The molecule has 0 atom stereocenters. The average Bonchev–Trinajstić information content (AvgIpc) is 2.37. The van der Waals surface area contributed by atoms with E-state index in [1.165, 1.54) is 0 Å². The molecule has 102 valence electrons. The van der Waals surface area contributed by atoms with Crippen LogP contribution in [0.1, 0.15) is 13.8 Å². The van der Waals surface area contributed by atoms with Crippen LogP contribution in [0.5, 0.6) is 0 Å². The van der Waals surface area contributed by atoms with Crippen LogP contribution < -0.4 is 5.32 Å². The summed E-state index contributed by atoms with van der Waals surface area (Å²) in [5, 5.41) is 4.90. The van der Waals surface area contributed by atoms with E-state index in [2.05, 4.69) is 5.32 Å². The Bertz CT molecular complexity index is 657. The van der Waals surface area contributed by atoms with Crippen molar-refractivity contribution in [3.63, 3.8) is 0 Å². The van der Waals surface area contributed by atoms with Crippen LogP contribution in [0.4, 0.5) is 0 Å². The molecule has 1 N–H and O–H groups in total. The number of hydrogen-bond acceptors (Lipinski definition) is 3. The molecule has 0 bridgehead atoms. The second-order valence-corrected chi connectivity index (χ2v) is 6.98. The van der Waals surface area contributed by atoms with Gasteiger partial charge in [0.15, 0.2) is 9.84 Å². The summed E-state index contributed by atoms with van der Waals surface area (Å²) in [4.78, 5) is 0.427. The van der Waals surface area contributed by atoms with Crippen LogP contribution in [-0.2, 0) is 9.84 Å². The van der Waals surface area contributed by atoms with Crippen molar-refractivity contribution in [2.24, 2.45) is 0 Å². The zero-order valence-corrected chi connectivity index (χ0v) is 12.1. The minimum absolute atomic E-state index is 0.124. The first-order chi connectivity index (χ1) is 9.00. The molecule has 3 nitrogen and oxygen atoms in total. The summed E-state index contributed by atoms with van der Waals surface area (Å²) < 4.78 is 24.8. The summed E-state index contributed by atoms with van der Waals surface area (Å²) in [5.41, 5.74) is 0. The van der Waals surface area contributed by atoms with Crippen molar-refractivity contribution in [1.82, 2.24) is 5.32 Å². The molecular weight excluding hydrogens is 258 g/mol. The molecule has 0 aliphatic rings. The van der Waals surface area contributed by atoms with Gasteiger partial charge in [-0.2, -0.15) is 0 Å². The van der Waals surface area contributed by atoms with Crippen molar-refractivity contribution >= 4 is 20.6 Å². The molecule has 0 aliphatic carbocycles. The summed E-state index contributed by atoms with van der Waals surface area (Å²) in [5.74, 6) is 0.124. The quantitative estimate of drug-likeness (QED) is 0.914. The second-order valence-electron chi connectivity index (χ2n) is 4.90. The molecule has 0 saturated carbocycles. The van der Waals surface area contributed by atoms with E-state index in [0.717, 1.165) is 10.8 Å². The van der Waals surface area contributed by atoms with Gasteiger partial charge >= 0.3 is 0 Å². The van der Waals surface area contributed by atoms with Gasteiger partial charge < -0.3 is 5.32 Å². The fourth-order valence-corrected chi connectivity index (χ4v) is 3.47. The Morgan fingerprint density at radius 2 is 1.74 bits per heavy atom. The third-order valence-corrected chi connectivity index (χ3v) is 4.78. The summed E-state index contributed by atoms with van der Waals surface area (Å²) in [6.07, 6.45) is 0. The SMILES string of the molecule is CC(C)NCCS(=O)(=O)c1cccc2ccccc12. The Morgan fingerprint density at radius 1 is 1.05 bits per heavy atom. The van der Waals surface area contributed by atoms with E-state index in [4.69, 9.17) is 0 Å². The Hall–Kier alpha value is -1.39. The Labute approximate surface area is 114 Å². The topological polar surface area (TPSA) is 46.2 Å². The molecule has 2 aromatic carbocycles. The van der Waals surface area contributed by atoms with Crippen LogP contribution in [-0.4, -0.2) is 26.8 Å². The van der Waals surface area contributed by atoms with Gasteiger partial charge in [-0.15, -0.1) is 0 Å². The lowest BCUT2D eigenvalue weighted by Gasteiger charge is -2.10. The van der Waals surface area contributed by atoms with Crippen molar-refractivity contribution in [3.05, 3.63) is 42.5 Å². The highest BCUT2D eigenvalue weighted by Gasteiger charge is 2.16. The Balaban J connectivity index is 2.33. The molecule has 0 unspecified atom stereocenters. The molecule has 4 heteroatoms. The van der Waals surface area contributed by atoms with E-state index < -0.39 is 9.84 Å². The Kier molecular flexibility index (Phi) is 4.22. The maximum absolute atomic E-state index is 12.4. The molecule has 19 heavy (non-hydrogen) atoms. The number of hydrogen-bond donors (Lipinski definition) is 1. The zero-order chi connectivity index (χ0) is 13.9. The first-order valence-electron chi connectivity index (χ1n) is 6.44. The number of rotatable bonds is 5. The van der Waals surface area contributed by atoms with Gasteiger partial charge in [0.1, 0.15) is 0 Å². The molecular formula is C15H19NO2S. The molecule has 0 spiro atoms. The molecule has 0 amide bonds. The zero-order valence-electron chi connectivity index (χ0n) is 11.3. The fraction of sp³-hybridized carbons (Fsp3) is 0.333. The van der Waals surface area contributed by atoms with Gasteiger partial charge in [0.25, 0.3) is 0 Å². The van der Waals surface area contributed by atoms with Crippen LogP contribution in [0, 0.1) is 0 Å². The summed E-state index contributed by atoms with van der Waals surface area (Å²) in [6, 6.07) is 13.3. The second kappa shape index (κ2) is 5.72. The van der Waals surface area contributed by atoms with Crippen LogP contribution in [0.2, 0.25) is 0 Å². The third kappa shape index (κ3) is 3.33. The lowest BCUT2D eigenvalue weighted by atomic mass is 10.1. The highest BCUT2D eigenvalue weighted by atomic mass is 32.2. The van der Waals surface area contributed by atoms with Crippen molar-refractivity contribution < 1.29 is 8.42 Å². The molecule has 0 aromatic heterocycles. The normalized spacial score (nSPS) is 12.2. The maximum Gasteiger partial charge on any atom is 0.180 e. The number of nitrogens with one attached hydrogen (secondary N) is 1. The average molecular weight is 277 g/mol. The molecule has 0 radical (unpaired) electrons. The first-order valence-corrected chi connectivity index (χ1v) is 8.10. The van der Waals surface area contributed by atoms with E-state index in [9.17, 15) is 8.42 Å². The first kappa shape index (κ1) is 14.0. The van der Waals surface area contributed by atoms with E-state index in [-0.39, 0.29) is 5.75 Å². The van der Waals surface area contributed by atoms with Gasteiger partial charge in [-0.1, -0.05) is 50.2 Å². The molecule has 0 saturated heterocycles. The van der Waals surface area contributed by atoms with Crippen LogP contribution >= 0.6 is 0 Å². The van der Waals surface area contributed by atoms with E-state index in [1.54, 1.807) is 12.1 Å². The molecule has 2 aromatic rings. The van der Waals surface area contributed by atoms with E-state index in [0.29, 0.717) is 17.5 Å². The fourth-order valence-electron chi connectivity index (χ4n) is 2.06. The largest absolute Gasteiger partial charge is 0.314 e. The van der Waals surface area contributed by atoms with Gasteiger partial charge in [-0.25, -0.2) is 8.42 Å². The van der Waals surface area contributed by atoms with Crippen molar-refractivity contribution in [2.45, 2.75) is 24.8 Å². The molecule has 2 rings (SSSR count). The summed E-state index contributed by atoms with van der Waals surface area (Å²) >= 11 is 0. The molecule has 0 heterocycles. The standard InChI is InChI=1S/C15H19NO2S/c1-12(2)16-10-11-19(17,18)15-9-5-7-13-6-3-4-8-14(13)15/h3-9,12,16H,10-11H2,1-2H3. The van der Waals surface area contributed by atoms with Crippen molar-refractivity contribution in [3.8, 4) is 0 Å². The minimum atomic E-state index is -3.25. The smallest absolute Gasteiger partial charge is 0.180 e. The van der Waals surface area contributed by atoms with Crippen molar-refractivity contribution in [1.29, 1.82) is 0 Å². The van der Waals surface area contributed by atoms with Crippen LogP contribution in [0.25, 0.3) is 10.8 Å². The number of fused-ring (bicyclic) bond motifs is 1. The van der Waals surface area contributed by atoms with Crippen molar-refractivity contribution in [2.75, 3.05) is 12.3 Å². The lowest BCUT2D eigenvalue weighted by Crippen LogP contribution is -2.28. The van der Waals surface area contributed by atoms with Gasteiger partial charge in [0, 0.05) is 18.0 Å². The predicted molar refractivity (Wildman–Crippen MR) is 79.1 cm³/mol. The monoisotopic (exact) mass is 277 g/mol.